The van der Waals surface area contributed by atoms with Crippen LogP contribution >= 0.6 is 11.6 Å². The summed E-state index contributed by atoms with van der Waals surface area (Å²) in [7, 11) is 0. The van der Waals surface area contributed by atoms with Gasteiger partial charge in [-0.05, 0) is 37.0 Å². The summed E-state index contributed by atoms with van der Waals surface area (Å²) in [5.74, 6) is 0.556. The molecule has 0 aliphatic heterocycles. The van der Waals surface area contributed by atoms with Crippen molar-refractivity contribution in [1.82, 2.24) is 5.32 Å². The molecule has 0 spiro atoms. The first-order chi connectivity index (χ1) is 9.16. The Morgan fingerprint density at radius 1 is 1.37 bits per heavy atom. The molecule has 2 N–H and O–H groups in total. The van der Waals surface area contributed by atoms with Crippen molar-refractivity contribution in [2.75, 3.05) is 6.54 Å². The van der Waals surface area contributed by atoms with Gasteiger partial charge >= 0.3 is 0 Å². The van der Waals surface area contributed by atoms with Crippen molar-refractivity contribution in [3.63, 3.8) is 0 Å². The van der Waals surface area contributed by atoms with Gasteiger partial charge in [-0.15, -0.1) is 0 Å². The van der Waals surface area contributed by atoms with Crippen LogP contribution in [0.4, 0.5) is 0 Å². The van der Waals surface area contributed by atoms with Gasteiger partial charge in [0.05, 0.1) is 5.56 Å². The third-order valence-corrected chi connectivity index (χ3v) is 3.99. The number of halogens is 1. The maximum atomic E-state index is 11.9. The van der Waals surface area contributed by atoms with Crippen LogP contribution in [0, 0.1) is 5.92 Å². The number of nitrogens with one attached hydrogen (secondary N) is 1. The standard InChI is InChI=1S/C15H20ClNO2/c16-12-7-8-14(18)13(10-12)15(19)17-9-3-6-11-4-1-2-5-11/h7-8,10-11,18H,1-6,9H2,(H,17,19). The van der Waals surface area contributed by atoms with Crippen molar-refractivity contribution in [2.45, 2.75) is 38.5 Å². The molecular formula is C15H20ClNO2. The molecule has 1 aromatic rings. The number of amides is 1. The summed E-state index contributed by atoms with van der Waals surface area (Å²) in [5, 5.41) is 12.9. The molecule has 1 saturated carbocycles. The first-order valence-electron chi connectivity index (χ1n) is 6.93. The smallest absolute Gasteiger partial charge is 0.255 e. The molecule has 19 heavy (non-hydrogen) atoms. The normalized spacial score (nSPS) is 15.6. The van der Waals surface area contributed by atoms with E-state index in [2.05, 4.69) is 5.32 Å². The summed E-state index contributed by atoms with van der Waals surface area (Å²) >= 11 is 5.82. The second-order valence-electron chi connectivity index (χ2n) is 5.21. The van der Waals surface area contributed by atoms with Crippen molar-refractivity contribution in [3.05, 3.63) is 28.8 Å². The van der Waals surface area contributed by atoms with Gasteiger partial charge < -0.3 is 10.4 Å². The van der Waals surface area contributed by atoms with E-state index < -0.39 is 0 Å². The Labute approximate surface area is 119 Å². The molecule has 0 atom stereocenters. The summed E-state index contributed by atoms with van der Waals surface area (Å²) < 4.78 is 0. The Morgan fingerprint density at radius 2 is 2.11 bits per heavy atom. The van der Waals surface area contributed by atoms with Crippen LogP contribution in [0.2, 0.25) is 5.02 Å². The molecule has 1 fully saturated rings. The minimum absolute atomic E-state index is 0.0299. The fourth-order valence-electron chi connectivity index (χ4n) is 2.68. The van der Waals surface area contributed by atoms with Gasteiger partial charge in [-0.3, -0.25) is 4.79 Å². The Hall–Kier alpha value is -1.22. The van der Waals surface area contributed by atoms with Crippen LogP contribution in [0.3, 0.4) is 0 Å². The van der Waals surface area contributed by atoms with E-state index in [9.17, 15) is 9.90 Å². The predicted molar refractivity (Wildman–Crippen MR) is 76.6 cm³/mol. The Kier molecular flexibility index (Phi) is 5.08. The van der Waals surface area contributed by atoms with Crippen LogP contribution in [0.5, 0.6) is 5.75 Å². The van der Waals surface area contributed by atoms with Crippen LogP contribution in [-0.2, 0) is 0 Å². The number of phenolic OH excluding ortho intramolecular Hbond substituents is 1. The van der Waals surface area contributed by atoms with Crippen molar-refractivity contribution < 1.29 is 9.90 Å². The first kappa shape index (κ1) is 14.2. The zero-order valence-corrected chi connectivity index (χ0v) is 11.7. The van der Waals surface area contributed by atoms with Gasteiger partial charge in [-0.25, -0.2) is 0 Å². The first-order valence-corrected chi connectivity index (χ1v) is 7.31. The summed E-state index contributed by atoms with van der Waals surface area (Å²) in [5.41, 5.74) is 0.244. The third-order valence-electron chi connectivity index (χ3n) is 3.75. The molecule has 0 radical (unpaired) electrons. The molecule has 0 aromatic heterocycles. The lowest BCUT2D eigenvalue weighted by Crippen LogP contribution is -2.24. The van der Waals surface area contributed by atoms with E-state index in [1.165, 1.54) is 44.2 Å². The fraction of sp³-hybridized carbons (Fsp3) is 0.533. The minimum atomic E-state index is -0.258. The van der Waals surface area contributed by atoms with Crippen molar-refractivity contribution in [2.24, 2.45) is 5.92 Å². The van der Waals surface area contributed by atoms with E-state index in [0.29, 0.717) is 11.6 Å². The maximum absolute atomic E-state index is 11.9. The highest BCUT2D eigenvalue weighted by Gasteiger charge is 2.15. The molecule has 3 nitrogen and oxygen atoms in total. The summed E-state index contributed by atoms with van der Waals surface area (Å²) in [6.45, 7) is 0.654. The van der Waals surface area contributed by atoms with Crippen LogP contribution in [0.15, 0.2) is 18.2 Å². The number of aromatic hydroxyl groups is 1. The molecule has 1 aliphatic rings. The fourth-order valence-corrected chi connectivity index (χ4v) is 2.85. The molecule has 104 valence electrons. The molecule has 2 rings (SSSR count). The monoisotopic (exact) mass is 281 g/mol. The van der Waals surface area contributed by atoms with Gasteiger partial charge in [0.1, 0.15) is 5.75 Å². The van der Waals surface area contributed by atoms with Gasteiger partial charge in [0, 0.05) is 11.6 Å². The van der Waals surface area contributed by atoms with Gasteiger partial charge in [0.25, 0.3) is 5.91 Å². The molecule has 0 heterocycles. The van der Waals surface area contributed by atoms with Crippen LogP contribution in [0.1, 0.15) is 48.9 Å². The lowest BCUT2D eigenvalue weighted by atomic mass is 10.0. The molecule has 0 bridgehead atoms. The summed E-state index contributed by atoms with van der Waals surface area (Å²) in [6, 6.07) is 4.49. The average Bonchev–Trinajstić information content (AvgIpc) is 2.90. The highest BCUT2D eigenvalue weighted by Crippen LogP contribution is 2.28. The number of hydrogen-bond acceptors (Lipinski definition) is 2. The number of hydrogen-bond donors (Lipinski definition) is 2. The zero-order valence-electron chi connectivity index (χ0n) is 11.0. The maximum Gasteiger partial charge on any atom is 0.255 e. The SMILES string of the molecule is O=C(NCCCC1CCCC1)c1cc(Cl)ccc1O. The van der Waals surface area contributed by atoms with Gasteiger partial charge in [-0.2, -0.15) is 0 Å². The Bertz CT molecular complexity index is 442. The van der Waals surface area contributed by atoms with Crippen molar-refractivity contribution >= 4 is 17.5 Å². The number of carbonyl (C=O) groups excluding carboxylic acids is 1. The van der Waals surface area contributed by atoms with Gasteiger partial charge in [-0.1, -0.05) is 37.3 Å². The van der Waals surface area contributed by atoms with E-state index in [1.807, 2.05) is 0 Å². The summed E-state index contributed by atoms with van der Waals surface area (Å²) in [6.07, 6.45) is 7.56. The van der Waals surface area contributed by atoms with Crippen molar-refractivity contribution in [3.8, 4) is 5.75 Å². The molecule has 1 aliphatic carbocycles. The largest absolute Gasteiger partial charge is 0.507 e. The molecule has 1 amide bonds. The Balaban J connectivity index is 1.75. The lowest BCUT2D eigenvalue weighted by molar-refractivity contribution is 0.0950. The highest BCUT2D eigenvalue weighted by molar-refractivity contribution is 6.31. The van der Waals surface area contributed by atoms with Crippen molar-refractivity contribution in [1.29, 1.82) is 0 Å². The quantitative estimate of drug-likeness (QED) is 0.808. The second kappa shape index (κ2) is 6.80. The van der Waals surface area contributed by atoms with Crippen LogP contribution < -0.4 is 5.32 Å². The average molecular weight is 282 g/mol. The van der Waals surface area contributed by atoms with E-state index in [4.69, 9.17) is 11.6 Å². The minimum Gasteiger partial charge on any atom is -0.507 e. The molecule has 0 saturated heterocycles. The topological polar surface area (TPSA) is 49.3 Å². The molecular weight excluding hydrogens is 262 g/mol. The van der Waals surface area contributed by atoms with E-state index in [0.717, 1.165) is 12.3 Å². The van der Waals surface area contributed by atoms with Gasteiger partial charge in [0.2, 0.25) is 0 Å². The van der Waals surface area contributed by atoms with Gasteiger partial charge in [0.15, 0.2) is 0 Å². The lowest BCUT2D eigenvalue weighted by Gasteiger charge is -2.10. The Morgan fingerprint density at radius 3 is 2.84 bits per heavy atom. The highest BCUT2D eigenvalue weighted by atomic mass is 35.5. The molecule has 0 unspecified atom stereocenters. The number of phenols is 1. The zero-order chi connectivity index (χ0) is 13.7. The number of rotatable bonds is 5. The second-order valence-corrected chi connectivity index (χ2v) is 5.65. The van der Waals surface area contributed by atoms with Crippen LogP contribution in [-0.4, -0.2) is 17.6 Å². The van der Waals surface area contributed by atoms with E-state index in [-0.39, 0.29) is 17.2 Å². The van der Waals surface area contributed by atoms with E-state index >= 15 is 0 Å². The number of carbonyl (C=O) groups is 1. The van der Waals surface area contributed by atoms with E-state index in [1.54, 1.807) is 6.07 Å². The number of benzene rings is 1. The third kappa shape index (κ3) is 4.13. The molecule has 1 aromatic carbocycles. The molecule has 4 heteroatoms. The predicted octanol–water partition coefficient (Wildman–Crippen LogP) is 3.75. The summed E-state index contributed by atoms with van der Waals surface area (Å²) in [4.78, 5) is 11.9. The van der Waals surface area contributed by atoms with Crippen LogP contribution in [0.25, 0.3) is 0 Å².